The molecule has 0 unspecified atom stereocenters. The van der Waals surface area contributed by atoms with Crippen molar-refractivity contribution in [3.8, 4) is 0 Å². The molecule has 1 amide bonds. The van der Waals surface area contributed by atoms with Crippen LogP contribution < -0.4 is 5.32 Å². The van der Waals surface area contributed by atoms with Crippen molar-refractivity contribution in [2.45, 2.75) is 46.1 Å². The first kappa shape index (κ1) is 11.0. The van der Waals surface area contributed by atoms with E-state index in [2.05, 4.69) is 5.32 Å². The first-order valence-electron chi connectivity index (χ1n) is 5.06. The Labute approximate surface area is 84.6 Å². The molecule has 0 heterocycles. The summed E-state index contributed by atoms with van der Waals surface area (Å²) < 4.78 is 0. The van der Waals surface area contributed by atoms with Gasteiger partial charge < -0.3 is 5.32 Å². The molecule has 78 valence electrons. The van der Waals surface area contributed by atoms with Gasteiger partial charge in [-0.3, -0.25) is 9.59 Å². The van der Waals surface area contributed by atoms with Crippen molar-refractivity contribution in [1.29, 1.82) is 0 Å². The van der Waals surface area contributed by atoms with Crippen LogP contribution in [0.3, 0.4) is 0 Å². The van der Waals surface area contributed by atoms with E-state index >= 15 is 0 Å². The van der Waals surface area contributed by atoms with E-state index in [0.717, 1.165) is 24.8 Å². The Morgan fingerprint density at radius 3 is 2.29 bits per heavy atom. The first-order valence-corrected chi connectivity index (χ1v) is 5.06. The van der Waals surface area contributed by atoms with E-state index < -0.39 is 0 Å². The van der Waals surface area contributed by atoms with Gasteiger partial charge in [-0.2, -0.15) is 0 Å². The number of carbonyl (C=O) groups is 2. The predicted octanol–water partition coefficient (Wildman–Crippen LogP) is 1.58. The highest BCUT2D eigenvalue weighted by molar-refractivity contribution is 6.05. The number of ketones is 1. The zero-order valence-corrected chi connectivity index (χ0v) is 9.02. The molecule has 1 rings (SSSR count). The van der Waals surface area contributed by atoms with Crippen molar-refractivity contribution in [1.82, 2.24) is 5.32 Å². The summed E-state index contributed by atoms with van der Waals surface area (Å²) in [4.78, 5) is 22.9. The molecule has 0 atom stereocenters. The lowest BCUT2D eigenvalue weighted by Crippen LogP contribution is -2.31. The molecule has 0 bridgehead atoms. The third-order valence-electron chi connectivity index (χ3n) is 2.34. The van der Waals surface area contributed by atoms with E-state index in [1.165, 1.54) is 6.92 Å². The highest BCUT2D eigenvalue weighted by atomic mass is 16.2. The normalized spacial score (nSPS) is 16.3. The smallest absolute Gasteiger partial charge is 0.247 e. The van der Waals surface area contributed by atoms with Crippen molar-refractivity contribution in [2.24, 2.45) is 0 Å². The summed E-state index contributed by atoms with van der Waals surface area (Å²) in [5, 5.41) is 2.82. The van der Waals surface area contributed by atoms with Gasteiger partial charge in [0.2, 0.25) is 5.91 Å². The Morgan fingerprint density at radius 1 is 1.21 bits per heavy atom. The largest absolute Gasteiger partial charge is 0.350 e. The minimum Gasteiger partial charge on any atom is -0.350 e. The van der Waals surface area contributed by atoms with Gasteiger partial charge in [0.05, 0.1) is 0 Å². The highest BCUT2D eigenvalue weighted by Crippen LogP contribution is 2.26. The number of carbonyl (C=O) groups excluding carboxylic acids is 2. The van der Waals surface area contributed by atoms with E-state index in [-0.39, 0.29) is 17.7 Å². The minimum absolute atomic E-state index is 0.0383. The lowest BCUT2D eigenvalue weighted by molar-refractivity contribution is -0.119. The van der Waals surface area contributed by atoms with Crippen LogP contribution in [0.5, 0.6) is 0 Å². The van der Waals surface area contributed by atoms with Gasteiger partial charge in [-0.15, -0.1) is 0 Å². The fraction of sp³-hybridized carbons (Fsp3) is 0.636. The quantitative estimate of drug-likeness (QED) is 0.743. The van der Waals surface area contributed by atoms with Crippen LogP contribution in [-0.2, 0) is 9.59 Å². The van der Waals surface area contributed by atoms with Crippen LogP contribution in [0, 0.1) is 0 Å². The molecule has 0 radical (unpaired) electrons. The number of nitrogens with one attached hydrogen (secondary N) is 1. The number of rotatable bonds is 3. The summed E-state index contributed by atoms with van der Waals surface area (Å²) in [6.45, 7) is 5.37. The van der Waals surface area contributed by atoms with E-state index in [1.807, 2.05) is 13.8 Å². The average Bonchev–Trinajstić information content (AvgIpc) is 2.49. The maximum absolute atomic E-state index is 11.6. The van der Waals surface area contributed by atoms with E-state index in [0.29, 0.717) is 5.57 Å². The molecule has 3 nitrogen and oxygen atoms in total. The first-order chi connectivity index (χ1) is 6.52. The van der Waals surface area contributed by atoms with Crippen LogP contribution >= 0.6 is 0 Å². The second kappa shape index (κ2) is 4.40. The second-order valence-electron chi connectivity index (χ2n) is 4.00. The van der Waals surface area contributed by atoms with E-state index in [9.17, 15) is 9.59 Å². The Bertz CT molecular complexity index is 290. The molecule has 0 saturated carbocycles. The van der Waals surface area contributed by atoms with Crippen molar-refractivity contribution >= 4 is 11.7 Å². The SMILES string of the molecule is CC(=O)C1=C(C(=O)NC(C)C)CCC1. The number of allylic oxidation sites excluding steroid dienone is 1. The highest BCUT2D eigenvalue weighted by Gasteiger charge is 2.23. The van der Waals surface area contributed by atoms with Gasteiger partial charge in [0.15, 0.2) is 5.78 Å². The van der Waals surface area contributed by atoms with E-state index in [4.69, 9.17) is 0 Å². The summed E-state index contributed by atoms with van der Waals surface area (Å²) in [5.74, 6) is -0.0286. The molecule has 0 aliphatic heterocycles. The van der Waals surface area contributed by atoms with Crippen LogP contribution in [0.4, 0.5) is 0 Å². The molecule has 0 fully saturated rings. The molecule has 14 heavy (non-hydrogen) atoms. The summed E-state index contributed by atoms with van der Waals surface area (Å²) in [7, 11) is 0. The molecule has 1 N–H and O–H groups in total. The molecular weight excluding hydrogens is 178 g/mol. The van der Waals surface area contributed by atoms with Gasteiger partial charge in [0.25, 0.3) is 0 Å². The average molecular weight is 195 g/mol. The molecular formula is C11H17NO2. The number of Topliss-reactive ketones (excluding diaryl/α,β-unsaturated/α-hetero) is 1. The Hall–Kier alpha value is -1.12. The molecule has 1 aliphatic rings. The van der Waals surface area contributed by atoms with Crippen molar-refractivity contribution in [3.63, 3.8) is 0 Å². The molecule has 0 aromatic heterocycles. The minimum atomic E-state index is -0.0669. The van der Waals surface area contributed by atoms with Crippen molar-refractivity contribution < 1.29 is 9.59 Å². The maximum atomic E-state index is 11.6. The Balaban J connectivity index is 2.79. The summed E-state index contributed by atoms with van der Waals surface area (Å²) >= 11 is 0. The number of hydrogen-bond donors (Lipinski definition) is 1. The van der Waals surface area contributed by atoms with Gasteiger partial charge in [-0.25, -0.2) is 0 Å². The predicted molar refractivity (Wildman–Crippen MR) is 54.8 cm³/mol. The maximum Gasteiger partial charge on any atom is 0.247 e. The zero-order chi connectivity index (χ0) is 10.7. The zero-order valence-electron chi connectivity index (χ0n) is 9.02. The molecule has 3 heteroatoms. The monoisotopic (exact) mass is 195 g/mol. The van der Waals surface area contributed by atoms with Crippen LogP contribution in [-0.4, -0.2) is 17.7 Å². The van der Waals surface area contributed by atoms with Crippen LogP contribution in [0.25, 0.3) is 0 Å². The fourth-order valence-corrected chi connectivity index (χ4v) is 1.73. The van der Waals surface area contributed by atoms with Crippen LogP contribution in [0.15, 0.2) is 11.1 Å². The van der Waals surface area contributed by atoms with Gasteiger partial charge in [-0.1, -0.05) is 0 Å². The van der Waals surface area contributed by atoms with Gasteiger partial charge in [0, 0.05) is 17.2 Å². The number of amides is 1. The standard InChI is InChI=1S/C11H17NO2/c1-7(2)12-11(14)10-6-4-5-9(10)8(3)13/h7H,4-6H2,1-3H3,(H,12,14). The Kier molecular flexibility index (Phi) is 3.44. The summed E-state index contributed by atoms with van der Waals surface area (Å²) in [6.07, 6.45) is 2.43. The lowest BCUT2D eigenvalue weighted by atomic mass is 10.1. The van der Waals surface area contributed by atoms with Gasteiger partial charge in [0.1, 0.15) is 0 Å². The van der Waals surface area contributed by atoms with Crippen LogP contribution in [0.2, 0.25) is 0 Å². The molecule has 0 aromatic rings. The van der Waals surface area contributed by atoms with Crippen molar-refractivity contribution in [3.05, 3.63) is 11.1 Å². The van der Waals surface area contributed by atoms with Gasteiger partial charge in [-0.05, 0) is 40.0 Å². The molecule has 0 aromatic carbocycles. The third kappa shape index (κ3) is 2.44. The molecule has 1 aliphatic carbocycles. The van der Waals surface area contributed by atoms with Crippen LogP contribution in [0.1, 0.15) is 40.0 Å². The van der Waals surface area contributed by atoms with Crippen molar-refractivity contribution in [2.75, 3.05) is 0 Å². The summed E-state index contributed by atoms with van der Waals surface area (Å²) in [5.41, 5.74) is 1.43. The Morgan fingerprint density at radius 2 is 1.79 bits per heavy atom. The topological polar surface area (TPSA) is 46.2 Å². The molecule has 0 spiro atoms. The second-order valence-corrected chi connectivity index (χ2v) is 4.00. The van der Waals surface area contributed by atoms with E-state index in [1.54, 1.807) is 0 Å². The fourth-order valence-electron chi connectivity index (χ4n) is 1.73. The lowest BCUT2D eigenvalue weighted by Gasteiger charge is -2.09. The number of hydrogen-bond acceptors (Lipinski definition) is 2. The third-order valence-corrected chi connectivity index (χ3v) is 2.34. The summed E-state index contributed by atoms with van der Waals surface area (Å²) in [6, 6.07) is 0.129. The molecule has 0 saturated heterocycles. The van der Waals surface area contributed by atoms with Gasteiger partial charge >= 0.3 is 0 Å².